The van der Waals surface area contributed by atoms with Crippen molar-refractivity contribution in [3.8, 4) is 0 Å². The van der Waals surface area contributed by atoms with Gasteiger partial charge in [-0.3, -0.25) is 14.4 Å². The van der Waals surface area contributed by atoms with Crippen molar-refractivity contribution in [1.82, 2.24) is 10.6 Å². The minimum absolute atomic E-state index is 0.00111. The van der Waals surface area contributed by atoms with Crippen LogP contribution in [0, 0.1) is 5.92 Å². The second-order valence-corrected chi connectivity index (χ2v) is 12.8. The molecule has 11 heteroatoms. The number of esters is 1. The van der Waals surface area contributed by atoms with Gasteiger partial charge in [-0.1, -0.05) is 30.7 Å². The molecule has 0 unspecified atom stereocenters. The summed E-state index contributed by atoms with van der Waals surface area (Å²) in [7, 11) is 0. The first-order chi connectivity index (χ1) is 20.3. The molecule has 4 aliphatic rings. The van der Waals surface area contributed by atoms with Crippen molar-refractivity contribution in [3.63, 3.8) is 0 Å². The Morgan fingerprint density at radius 3 is 2.49 bits per heavy atom. The van der Waals surface area contributed by atoms with Gasteiger partial charge in [-0.2, -0.15) is 0 Å². The third-order valence-corrected chi connectivity index (χ3v) is 8.88. The smallest absolute Gasteiger partial charge is 0.303 e. The summed E-state index contributed by atoms with van der Waals surface area (Å²) in [4.78, 5) is 36.0. The molecule has 43 heavy (non-hydrogen) atoms. The monoisotopic (exact) mass is 603 g/mol. The Labute approximate surface area is 254 Å². The van der Waals surface area contributed by atoms with E-state index in [4.69, 9.17) is 24.7 Å². The van der Waals surface area contributed by atoms with E-state index in [1.807, 2.05) is 26.0 Å². The fraction of sp³-hybridized carbons (Fsp3) is 0.719. The van der Waals surface area contributed by atoms with Gasteiger partial charge >= 0.3 is 5.97 Å². The first kappa shape index (κ1) is 33.3. The molecule has 240 valence electrons. The fourth-order valence-electron chi connectivity index (χ4n) is 6.16. The van der Waals surface area contributed by atoms with E-state index < -0.39 is 29.9 Å². The first-order valence-corrected chi connectivity index (χ1v) is 15.5. The van der Waals surface area contributed by atoms with Gasteiger partial charge in [0.05, 0.1) is 37.4 Å². The molecule has 5 N–H and O–H groups in total. The molecule has 9 atom stereocenters. The lowest BCUT2D eigenvalue weighted by Crippen LogP contribution is -2.53. The van der Waals surface area contributed by atoms with Gasteiger partial charge in [0.25, 0.3) is 0 Å². The minimum atomic E-state index is -0.796. The summed E-state index contributed by atoms with van der Waals surface area (Å²) in [5, 5.41) is 16.9. The van der Waals surface area contributed by atoms with E-state index in [0.717, 1.165) is 24.8 Å². The Kier molecular flexibility index (Phi) is 11.2. The fourth-order valence-corrected chi connectivity index (χ4v) is 6.16. The zero-order chi connectivity index (χ0) is 31.3. The van der Waals surface area contributed by atoms with Gasteiger partial charge in [-0.25, -0.2) is 0 Å². The average molecular weight is 604 g/mol. The van der Waals surface area contributed by atoms with Crippen molar-refractivity contribution < 1.29 is 38.4 Å². The predicted molar refractivity (Wildman–Crippen MR) is 160 cm³/mol. The van der Waals surface area contributed by atoms with Crippen LogP contribution in [0.3, 0.4) is 0 Å². The number of carbonyl (C=O) groups is 3. The van der Waals surface area contributed by atoms with Crippen LogP contribution < -0.4 is 16.4 Å². The van der Waals surface area contributed by atoms with Gasteiger partial charge in [0, 0.05) is 31.5 Å². The van der Waals surface area contributed by atoms with Crippen LogP contribution >= 0.6 is 0 Å². The van der Waals surface area contributed by atoms with Gasteiger partial charge in [0.2, 0.25) is 11.8 Å². The summed E-state index contributed by atoms with van der Waals surface area (Å²) >= 11 is 0. The second-order valence-electron chi connectivity index (χ2n) is 12.8. The van der Waals surface area contributed by atoms with Crippen LogP contribution in [-0.2, 0) is 33.3 Å². The van der Waals surface area contributed by atoms with Gasteiger partial charge in [0.15, 0.2) is 0 Å². The Balaban J connectivity index is 1.24. The summed E-state index contributed by atoms with van der Waals surface area (Å²) in [6.45, 7) is 9.56. The number of hydrogen-bond acceptors (Lipinski definition) is 9. The summed E-state index contributed by atoms with van der Waals surface area (Å²) < 4.78 is 23.1. The summed E-state index contributed by atoms with van der Waals surface area (Å²) in [6.07, 6.45) is 10.3. The number of hydrogen-bond donors (Lipinski definition) is 4. The molecule has 11 nitrogen and oxygen atoms in total. The second kappa shape index (κ2) is 14.5. The zero-order valence-electron chi connectivity index (χ0n) is 26.0. The lowest BCUT2D eigenvalue weighted by Gasteiger charge is -2.39. The van der Waals surface area contributed by atoms with Crippen LogP contribution in [-0.4, -0.2) is 89.8 Å². The molecule has 4 fully saturated rings. The number of rotatable bonds is 11. The first-order valence-electron chi connectivity index (χ1n) is 15.5. The molecule has 3 aliphatic heterocycles. The van der Waals surface area contributed by atoms with Gasteiger partial charge in [0.1, 0.15) is 23.9 Å². The minimum Gasteiger partial charge on any atom is -0.459 e. The summed E-state index contributed by atoms with van der Waals surface area (Å²) in [5.41, 5.74) is 6.19. The Morgan fingerprint density at radius 2 is 1.84 bits per heavy atom. The number of carbonyl (C=O) groups excluding carboxylic acids is 3. The lowest BCUT2D eigenvalue weighted by molar-refractivity contribution is -0.146. The average Bonchev–Trinajstić information content (AvgIpc) is 3.68. The summed E-state index contributed by atoms with van der Waals surface area (Å²) in [6, 6.07) is 0.182. The van der Waals surface area contributed by atoms with Crippen molar-refractivity contribution in [2.45, 2.75) is 133 Å². The van der Waals surface area contributed by atoms with E-state index in [-0.39, 0.29) is 60.6 Å². The van der Waals surface area contributed by atoms with E-state index in [1.54, 1.807) is 13.0 Å². The van der Waals surface area contributed by atoms with Gasteiger partial charge in [-0.15, -0.1) is 0 Å². The Hall–Kier alpha value is -2.57. The molecule has 1 spiro atoms. The predicted octanol–water partition coefficient (Wildman–Crippen LogP) is 1.97. The maximum atomic E-state index is 12.5. The highest BCUT2D eigenvalue weighted by atomic mass is 16.6. The van der Waals surface area contributed by atoms with Crippen molar-refractivity contribution in [3.05, 3.63) is 36.0 Å². The number of aliphatic hydroxyl groups is 1. The number of nitrogens with one attached hydrogen (secondary N) is 2. The summed E-state index contributed by atoms with van der Waals surface area (Å²) in [5.74, 6) is -0.484. The number of amides is 2. The number of ether oxygens (including phenoxy) is 4. The molecular formula is C32H49N3O8. The van der Waals surface area contributed by atoms with Crippen LogP contribution in [0.4, 0.5) is 0 Å². The highest BCUT2D eigenvalue weighted by Gasteiger charge is 2.58. The van der Waals surface area contributed by atoms with Crippen LogP contribution in [0.25, 0.3) is 0 Å². The lowest BCUT2D eigenvalue weighted by atomic mass is 9.86. The molecule has 3 heterocycles. The quantitative estimate of drug-likeness (QED) is 0.120. The number of allylic oxidation sites excluding steroid dienone is 2. The molecule has 0 aromatic carbocycles. The van der Waals surface area contributed by atoms with Gasteiger partial charge in [-0.05, 0) is 58.4 Å². The largest absolute Gasteiger partial charge is 0.459 e. The number of nitrogens with two attached hydrogens (primary N) is 1. The van der Waals surface area contributed by atoms with Crippen LogP contribution in [0.15, 0.2) is 36.0 Å². The zero-order valence-corrected chi connectivity index (χ0v) is 26.0. The van der Waals surface area contributed by atoms with E-state index in [0.29, 0.717) is 19.4 Å². The molecule has 0 bridgehead atoms. The van der Waals surface area contributed by atoms with Crippen LogP contribution in [0.5, 0.6) is 0 Å². The third-order valence-electron chi connectivity index (χ3n) is 8.88. The highest BCUT2D eigenvalue weighted by molar-refractivity contribution is 5.87. The van der Waals surface area contributed by atoms with E-state index in [2.05, 4.69) is 23.6 Å². The molecule has 4 rings (SSSR count). The molecule has 0 aromatic heterocycles. The molecule has 1 aliphatic carbocycles. The molecule has 1 saturated carbocycles. The maximum Gasteiger partial charge on any atom is 0.303 e. The SMILES string of the molecule is CC(=O)O[C@@H](C)/C=C\C(=O)N[C@@H]1C[C@H](C)[C@H](C/C=C(C)/C=C/[C@H]2O[C@H](CC(=O)NC3CC(N)C3)C[C@@]3(CO3)[C@@H]2O)O[C@@H]1C. The Bertz CT molecular complexity index is 1100. The standard InChI is InChI=1S/C32H49N3O8/c1-18(6-9-27-19(2)12-26(21(4)42-27)35-29(37)11-8-20(3)41-22(5)36)7-10-28-31(39)32(17-40-32)16-25(43-28)15-30(38)34-24-13-23(33)14-24/h6-8,10-11,19-21,23-28,31,39H,9,12-17,33H2,1-5H3,(H,34,38)(H,35,37)/b10-7+,11-8-,18-6+/t19-,20-,21+,23?,24?,25+,26+,27-,28+,31+,32+/m0/s1. The normalized spacial score (nSPS) is 38.5. The van der Waals surface area contributed by atoms with Crippen molar-refractivity contribution in [2.24, 2.45) is 11.7 Å². The van der Waals surface area contributed by atoms with Crippen LogP contribution in [0.2, 0.25) is 0 Å². The van der Waals surface area contributed by atoms with E-state index in [9.17, 15) is 19.5 Å². The van der Waals surface area contributed by atoms with E-state index in [1.165, 1.54) is 13.0 Å². The van der Waals surface area contributed by atoms with Crippen molar-refractivity contribution in [2.75, 3.05) is 6.61 Å². The molecule has 2 amide bonds. The van der Waals surface area contributed by atoms with Gasteiger partial charge < -0.3 is 40.4 Å². The van der Waals surface area contributed by atoms with E-state index >= 15 is 0 Å². The molecular weight excluding hydrogens is 554 g/mol. The van der Waals surface area contributed by atoms with Crippen LogP contribution in [0.1, 0.15) is 73.1 Å². The molecule has 3 saturated heterocycles. The van der Waals surface area contributed by atoms with Crippen molar-refractivity contribution >= 4 is 17.8 Å². The molecule has 0 aromatic rings. The third kappa shape index (κ3) is 9.46. The Morgan fingerprint density at radius 1 is 1.12 bits per heavy atom. The van der Waals surface area contributed by atoms with Crippen molar-refractivity contribution in [1.29, 1.82) is 0 Å². The highest BCUT2D eigenvalue weighted by Crippen LogP contribution is 2.43. The topological polar surface area (TPSA) is 162 Å². The molecule has 0 radical (unpaired) electrons. The number of epoxide rings is 1. The maximum absolute atomic E-state index is 12.5. The number of aliphatic hydroxyl groups excluding tert-OH is 1.